The van der Waals surface area contributed by atoms with Gasteiger partial charge in [0.1, 0.15) is 91.4 Å². The lowest BCUT2D eigenvalue weighted by Gasteiger charge is -2.49. The van der Waals surface area contributed by atoms with Crippen molar-refractivity contribution in [1.82, 2.24) is 10.6 Å². The van der Waals surface area contributed by atoms with Crippen molar-refractivity contribution in [2.45, 2.75) is 137 Å². The van der Waals surface area contributed by atoms with Gasteiger partial charge < -0.3 is 105 Å². The van der Waals surface area contributed by atoms with Crippen LogP contribution in [0.4, 0.5) is 0 Å². The van der Waals surface area contributed by atoms with Gasteiger partial charge in [0.15, 0.2) is 31.3 Å². The molecule has 0 spiro atoms. The van der Waals surface area contributed by atoms with Crippen LogP contribution in [0.15, 0.2) is 0 Å². The number of hydrogen-bond acceptors (Lipinski definition) is 21. The monoisotopic (exact) mass is 762 g/mol. The van der Waals surface area contributed by atoms with Crippen molar-refractivity contribution < 1.29 is 109 Å². The average Bonchev–Trinajstić information content (AvgIpc) is 3.08. The average molecular weight is 763 g/mol. The summed E-state index contributed by atoms with van der Waals surface area (Å²) >= 11 is 0. The summed E-state index contributed by atoms with van der Waals surface area (Å²) < 4.78 is 38.2. The van der Waals surface area contributed by atoms with Crippen molar-refractivity contribution >= 4 is 17.8 Å². The second-order valence-electron chi connectivity index (χ2n) is 12.7. The van der Waals surface area contributed by atoms with Gasteiger partial charge in [-0.3, -0.25) is 9.59 Å². The van der Waals surface area contributed by atoms with Gasteiger partial charge in [-0.2, -0.15) is 0 Å². The Morgan fingerprint density at radius 3 is 1.54 bits per heavy atom. The smallest absolute Gasteiger partial charge is 0.335 e. The summed E-state index contributed by atoms with van der Waals surface area (Å²) in [6.07, 6.45) is -34.4. The van der Waals surface area contributed by atoms with Crippen LogP contribution < -0.4 is 10.6 Å². The highest BCUT2D eigenvalue weighted by molar-refractivity contribution is 5.74. The van der Waals surface area contributed by atoms with Gasteiger partial charge in [0.2, 0.25) is 11.8 Å². The first kappa shape index (κ1) is 42.4. The number of carboxylic acids is 1. The fourth-order valence-corrected chi connectivity index (χ4v) is 6.31. The molecule has 0 aromatic carbocycles. The molecule has 0 unspecified atom stereocenters. The van der Waals surface area contributed by atoms with Crippen LogP contribution in [0.25, 0.3) is 0 Å². The van der Waals surface area contributed by atoms with Gasteiger partial charge >= 0.3 is 5.97 Å². The molecule has 0 saturated carbocycles. The van der Waals surface area contributed by atoms with E-state index in [1.165, 1.54) is 0 Å². The minimum atomic E-state index is -2.25. The molecule has 4 saturated heterocycles. The number of carboxylic acid groups (broad SMARTS) is 1. The van der Waals surface area contributed by atoms with Crippen molar-refractivity contribution in [1.29, 1.82) is 0 Å². The summed E-state index contributed by atoms with van der Waals surface area (Å²) in [4.78, 5) is 36.0. The molecule has 4 rings (SSSR count). The van der Waals surface area contributed by atoms with Crippen molar-refractivity contribution in [3.8, 4) is 0 Å². The van der Waals surface area contributed by atoms with Gasteiger partial charge in [0, 0.05) is 13.8 Å². The van der Waals surface area contributed by atoms with Crippen LogP contribution in [0.2, 0.25) is 0 Å². The first-order valence-electron chi connectivity index (χ1n) is 16.1. The molecule has 52 heavy (non-hydrogen) atoms. The quantitative estimate of drug-likeness (QED) is 0.0877. The molecule has 0 radical (unpaired) electrons. The summed E-state index contributed by atoms with van der Waals surface area (Å²) in [5.41, 5.74) is 0. The van der Waals surface area contributed by atoms with E-state index < -0.39 is 160 Å². The molecule has 4 heterocycles. The van der Waals surface area contributed by atoms with Crippen LogP contribution >= 0.6 is 0 Å². The predicted octanol–water partition coefficient (Wildman–Crippen LogP) is -9.37. The largest absolute Gasteiger partial charge is 0.479 e. The normalized spacial score (nSPS) is 47.0. The summed E-state index contributed by atoms with van der Waals surface area (Å²) in [6, 6.07) is -3.11. The van der Waals surface area contributed by atoms with Crippen LogP contribution in [0.1, 0.15) is 13.8 Å². The zero-order chi connectivity index (χ0) is 38.8. The van der Waals surface area contributed by atoms with Crippen LogP contribution in [-0.2, 0) is 47.5 Å². The number of carbonyl (C=O) groups excluding carboxylic acids is 2. The summed E-state index contributed by atoms with van der Waals surface area (Å²) in [6.45, 7) is -0.554. The van der Waals surface area contributed by atoms with Crippen LogP contribution in [0, 0.1) is 0 Å². The topological polar surface area (TPSA) is 383 Å². The first-order chi connectivity index (χ1) is 24.4. The van der Waals surface area contributed by atoms with E-state index in [-0.39, 0.29) is 0 Å². The molecule has 300 valence electrons. The van der Waals surface area contributed by atoms with Gasteiger partial charge in [-0.05, 0) is 0 Å². The highest BCUT2D eigenvalue weighted by Crippen LogP contribution is 2.34. The maximum absolute atomic E-state index is 12.3. The van der Waals surface area contributed by atoms with Gasteiger partial charge in [0.25, 0.3) is 0 Å². The van der Waals surface area contributed by atoms with Gasteiger partial charge in [-0.15, -0.1) is 0 Å². The Labute approximate surface area is 293 Å². The lowest BCUT2D eigenvalue weighted by atomic mass is 9.94. The number of nitrogens with one attached hydrogen (secondary N) is 2. The number of aliphatic hydroxyl groups excluding tert-OH is 11. The van der Waals surface area contributed by atoms with Crippen LogP contribution in [-0.4, -0.2) is 222 Å². The zero-order valence-corrected chi connectivity index (χ0v) is 27.6. The molecule has 24 nitrogen and oxygen atoms in total. The first-order valence-corrected chi connectivity index (χ1v) is 16.1. The minimum absolute atomic E-state index is 0.717. The van der Waals surface area contributed by atoms with Gasteiger partial charge in [0.05, 0.1) is 19.8 Å². The fourth-order valence-electron chi connectivity index (χ4n) is 6.31. The third-order valence-electron chi connectivity index (χ3n) is 8.98. The van der Waals surface area contributed by atoms with E-state index in [9.17, 15) is 75.7 Å². The molecule has 4 aliphatic rings. The number of carbonyl (C=O) groups is 3. The standard InChI is InChI=1S/C28H46N2O22/c1-6(34)29-11-16(39)13(36)8(3-31)47-26(11)51-22-17(40)18(41)27(52-23(22)24(43)44)50-21-15(38)10(5-33)48-28(19(21)42)49-20-12(30-7(2)35)25(45)46-9(4-32)14(20)37/h8-23,25-28,31-33,36-42,45H,3-5H2,1-2H3,(H,29,34)(H,30,35)(H,43,44)/t8-,9-,10-,11-,12-,13+,14-,15+,16-,17-,18-,19-,20-,21+,22-,23+,25-,26-,27+,28-/m1/s1. The third-order valence-corrected chi connectivity index (χ3v) is 8.98. The Morgan fingerprint density at radius 1 is 0.519 bits per heavy atom. The van der Waals surface area contributed by atoms with E-state index in [0.29, 0.717) is 0 Å². The Hall–Kier alpha value is -2.31. The molecule has 4 aliphatic heterocycles. The summed E-state index contributed by atoms with van der Waals surface area (Å²) in [7, 11) is 0. The second kappa shape index (κ2) is 17.9. The Morgan fingerprint density at radius 2 is 0.981 bits per heavy atom. The third kappa shape index (κ3) is 8.96. The molecular formula is C28H46N2O22. The van der Waals surface area contributed by atoms with E-state index in [2.05, 4.69) is 10.6 Å². The number of aliphatic carboxylic acids is 1. The zero-order valence-electron chi connectivity index (χ0n) is 27.6. The molecule has 2 amide bonds. The minimum Gasteiger partial charge on any atom is -0.479 e. The molecule has 20 atom stereocenters. The van der Waals surface area contributed by atoms with E-state index in [1.54, 1.807) is 0 Å². The highest BCUT2D eigenvalue weighted by atomic mass is 16.8. The second-order valence-corrected chi connectivity index (χ2v) is 12.7. The Kier molecular flexibility index (Phi) is 14.6. The van der Waals surface area contributed by atoms with E-state index >= 15 is 0 Å². The number of aliphatic hydroxyl groups is 11. The predicted molar refractivity (Wildman–Crippen MR) is 158 cm³/mol. The molecular weight excluding hydrogens is 716 g/mol. The molecule has 0 aromatic rings. The van der Waals surface area contributed by atoms with Crippen molar-refractivity contribution in [3.05, 3.63) is 0 Å². The molecule has 24 heteroatoms. The summed E-state index contributed by atoms with van der Waals surface area (Å²) in [5.74, 6) is -3.29. The Balaban J connectivity index is 1.56. The Bertz CT molecular complexity index is 1220. The maximum atomic E-state index is 12.3. The van der Waals surface area contributed by atoms with Crippen molar-refractivity contribution in [2.75, 3.05) is 19.8 Å². The lowest BCUT2D eigenvalue weighted by Crippen LogP contribution is -2.69. The maximum Gasteiger partial charge on any atom is 0.335 e. The number of rotatable bonds is 12. The van der Waals surface area contributed by atoms with E-state index in [1.807, 2.05) is 0 Å². The van der Waals surface area contributed by atoms with Crippen LogP contribution in [0.5, 0.6) is 0 Å². The molecule has 14 N–H and O–H groups in total. The molecule has 0 aliphatic carbocycles. The summed E-state index contributed by atoms with van der Waals surface area (Å²) in [5, 5.41) is 130. The number of amides is 2. The molecule has 4 fully saturated rings. The number of hydrogen-bond donors (Lipinski definition) is 14. The highest BCUT2D eigenvalue weighted by Gasteiger charge is 2.56. The molecule has 0 bridgehead atoms. The van der Waals surface area contributed by atoms with Gasteiger partial charge in [-0.25, -0.2) is 4.79 Å². The lowest BCUT2D eigenvalue weighted by molar-refractivity contribution is -0.378. The molecule has 0 aromatic heterocycles. The van der Waals surface area contributed by atoms with Crippen molar-refractivity contribution in [3.63, 3.8) is 0 Å². The van der Waals surface area contributed by atoms with Crippen molar-refractivity contribution in [2.24, 2.45) is 0 Å². The van der Waals surface area contributed by atoms with E-state index in [0.717, 1.165) is 13.8 Å². The van der Waals surface area contributed by atoms with E-state index in [4.69, 9.17) is 33.2 Å². The van der Waals surface area contributed by atoms with Crippen LogP contribution in [0.3, 0.4) is 0 Å². The SMILES string of the molecule is CC(=O)N[C@@H]1[C@@H](O[C@H]2O[C@H](CO)[C@H](O)[C@H](O[C@H]3O[C@H](C(=O)O)[C@H](O[C@H]4O[C@H](CO)[C@H](O)[C@H](O)[C@H]4NC(C)=O)[C@H](O)[C@H]3O)[C@H]2O)[C@H](O)[C@@H](CO)O[C@H]1O. The van der Waals surface area contributed by atoms with Gasteiger partial charge in [-0.1, -0.05) is 0 Å². The number of ether oxygens (including phenoxy) is 7. The fraction of sp³-hybridized carbons (Fsp3) is 0.893.